The molecule has 9 heteroatoms. The predicted molar refractivity (Wildman–Crippen MR) is 119 cm³/mol. The third-order valence-corrected chi connectivity index (χ3v) is 6.91. The molecule has 2 aromatic rings. The molecule has 0 aliphatic heterocycles. The zero-order valence-electron chi connectivity index (χ0n) is 17.1. The molecule has 4 rings (SSSR count). The number of amides is 3. The summed E-state index contributed by atoms with van der Waals surface area (Å²) in [7, 11) is -3.67. The van der Waals surface area contributed by atoms with Gasteiger partial charge in [0.25, 0.3) is 5.91 Å². The minimum absolute atomic E-state index is 0.0408. The first kappa shape index (κ1) is 21.3. The van der Waals surface area contributed by atoms with Gasteiger partial charge in [0.2, 0.25) is 10.0 Å². The summed E-state index contributed by atoms with van der Waals surface area (Å²) in [5, 5.41) is 8.33. The fourth-order valence-corrected chi connectivity index (χ4v) is 4.91. The Labute approximate surface area is 181 Å². The molecule has 0 radical (unpaired) electrons. The Kier molecular flexibility index (Phi) is 6.24. The SMILES string of the molecule is O=C(Nc1ccc(NC(=O)c2cccc(S(=O)(=O)NC3CCCC3)c2)cc1)NC1CC1. The van der Waals surface area contributed by atoms with Gasteiger partial charge in [-0.05, 0) is 68.1 Å². The molecule has 31 heavy (non-hydrogen) atoms. The van der Waals surface area contributed by atoms with Gasteiger partial charge in [-0.15, -0.1) is 0 Å². The van der Waals surface area contributed by atoms with Crippen molar-refractivity contribution in [1.82, 2.24) is 10.0 Å². The summed E-state index contributed by atoms with van der Waals surface area (Å²) in [5.74, 6) is -0.412. The van der Waals surface area contributed by atoms with Gasteiger partial charge < -0.3 is 16.0 Å². The predicted octanol–water partition coefficient (Wildman–Crippen LogP) is 3.44. The summed E-state index contributed by atoms with van der Waals surface area (Å²) >= 11 is 0. The van der Waals surface area contributed by atoms with Crippen LogP contribution in [-0.2, 0) is 10.0 Å². The molecule has 0 heterocycles. The van der Waals surface area contributed by atoms with E-state index in [1.54, 1.807) is 36.4 Å². The van der Waals surface area contributed by atoms with E-state index in [4.69, 9.17) is 0 Å². The van der Waals surface area contributed by atoms with Crippen LogP contribution in [-0.4, -0.2) is 32.4 Å². The Hall–Kier alpha value is -2.91. The lowest BCUT2D eigenvalue weighted by atomic mass is 10.2. The van der Waals surface area contributed by atoms with E-state index < -0.39 is 15.9 Å². The van der Waals surface area contributed by atoms with E-state index >= 15 is 0 Å². The van der Waals surface area contributed by atoms with Gasteiger partial charge in [0.1, 0.15) is 0 Å². The van der Waals surface area contributed by atoms with Crippen molar-refractivity contribution in [3.8, 4) is 0 Å². The molecule has 4 N–H and O–H groups in total. The van der Waals surface area contributed by atoms with Gasteiger partial charge in [-0.2, -0.15) is 0 Å². The number of hydrogen-bond donors (Lipinski definition) is 4. The molecule has 0 atom stereocenters. The molecular weight excluding hydrogens is 416 g/mol. The van der Waals surface area contributed by atoms with Gasteiger partial charge in [0.15, 0.2) is 0 Å². The van der Waals surface area contributed by atoms with E-state index in [0.29, 0.717) is 11.4 Å². The van der Waals surface area contributed by atoms with Gasteiger partial charge in [-0.1, -0.05) is 18.9 Å². The van der Waals surface area contributed by atoms with Gasteiger partial charge in [-0.25, -0.2) is 17.9 Å². The largest absolute Gasteiger partial charge is 0.335 e. The van der Waals surface area contributed by atoms with Crippen molar-refractivity contribution in [2.24, 2.45) is 0 Å². The summed E-state index contributed by atoms with van der Waals surface area (Å²) in [4.78, 5) is 24.5. The van der Waals surface area contributed by atoms with Gasteiger partial charge in [0.05, 0.1) is 4.90 Å². The average Bonchev–Trinajstić information content (AvgIpc) is 3.41. The van der Waals surface area contributed by atoms with Crippen LogP contribution < -0.4 is 20.7 Å². The van der Waals surface area contributed by atoms with Crippen LogP contribution in [0.15, 0.2) is 53.4 Å². The van der Waals surface area contributed by atoms with E-state index in [1.165, 1.54) is 12.1 Å². The molecule has 0 unspecified atom stereocenters. The second-order valence-corrected chi connectivity index (χ2v) is 9.75. The second-order valence-electron chi connectivity index (χ2n) is 8.03. The standard InChI is InChI=1S/C22H26N4O4S/c27-21(23-16-8-10-17(11-9-16)24-22(28)25-18-12-13-18)15-4-3-7-20(14-15)31(29,30)26-19-5-1-2-6-19/h3-4,7-11,14,18-19,26H,1-2,5-6,12-13H2,(H,23,27)(H2,24,25,28). The number of benzene rings is 2. The van der Waals surface area contributed by atoms with Crippen molar-refractivity contribution in [3.05, 3.63) is 54.1 Å². The Morgan fingerprint density at radius 1 is 0.806 bits per heavy atom. The van der Waals surface area contributed by atoms with Crippen LogP contribution in [0.25, 0.3) is 0 Å². The van der Waals surface area contributed by atoms with E-state index in [0.717, 1.165) is 38.5 Å². The Balaban J connectivity index is 1.38. The van der Waals surface area contributed by atoms with Crippen LogP contribution >= 0.6 is 0 Å². The highest BCUT2D eigenvalue weighted by atomic mass is 32.2. The number of sulfonamides is 1. The first-order chi connectivity index (χ1) is 14.9. The summed E-state index contributed by atoms with van der Waals surface area (Å²) in [6.45, 7) is 0. The van der Waals surface area contributed by atoms with Crippen molar-refractivity contribution in [2.45, 2.75) is 55.5 Å². The molecule has 0 spiro atoms. The minimum Gasteiger partial charge on any atom is -0.335 e. The molecule has 2 aliphatic carbocycles. The maximum atomic E-state index is 12.6. The fourth-order valence-electron chi connectivity index (χ4n) is 3.56. The molecule has 2 fully saturated rings. The van der Waals surface area contributed by atoms with Crippen LogP contribution in [0, 0.1) is 0 Å². The first-order valence-electron chi connectivity index (χ1n) is 10.5. The van der Waals surface area contributed by atoms with Crippen molar-refractivity contribution < 1.29 is 18.0 Å². The molecule has 2 aromatic carbocycles. The number of rotatable bonds is 7. The molecule has 164 valence electrons. The number of carbonyl (C=O) groups excluding carboxylic acids is 2. The summed E-state index contributed by atoms with van der Waals surface area (Å²) in [6.07, 6.45) is 5.75. The zero-order valence-corrected chi connectivity index (χ0v) is 17.9. The highest BCUT2D eigenvalue weighted by molar-refractivity contribution is 7.89. The molecule has 2 aliphatic rings. The van der Waals surface area contributed by atoms with Crippen LogP contribution in [0.1, 0.15) is 48.9 Å². The van der Waals surface area contributed by atoms with Crippen LogP contribution in [0.5, 0.6) is 0 Å². The number of hydrogen-bond acceptors (Lipinski definition) is 4. The molecule has 0 saturated heterocycles. The van der Waals surface area contributed by atoms with Crippen molar-refractivity contribution >= 4 is 33.3 Å². The number of carbonyl (C=O) groups is 2. The second kappa shape index (κ2) is 9.07. The van der Waals surface area contributed by atoms with Crippen molar-refractivity contribution in [1.29, 1.82) is 0 Å². The molecule has 0 bridgehead atoms. The maximum Gasteiger partial charge on any atom is 0.319 e. The lowest BCUT2D eigenvalue weighted by molar-refractivity contribution is 0.102. The van der Waals surface area contributed by atoms with Gasteiger partial charge >= 0.3 is 6.03 Å². The van der Waals surface area contributed by atoms with E-state index in [9.17, 15) is 18.0 Å². The topological polar surface area (TPSA) is 116 Å². The third-order valence-electron chi connectivity index (χ3n) is 5.40. The molecule has 8 nitrogen and oxygen atoms in total. The van der Waals surface area contributed by atoms with Gasteiger partial charge in [-0.3, -0.25) is 4.79 Å². The number of anilines is 2. The molecule has 2 saturated carbocycles. The summed E-state index contributed by atoms with van der Waals surface area (Å²) in [5.41, 5.74) is 1.40. The molecule has 3 amide bonds. The maximum absolute atomic E-state index is 12.6. The van der Waals surface area contributed by atoms with Crippen LogP contribution in [0.2, 0.25) is 0 Å². The molecule has 0 aromatic heterocycles. The Morgan fingerprint density at radius 2 is 1.45 bits per heavy atom. The Bertz CT molecular complexity index is 1060. The normalized spacial score (nSPS) is 16.6. The lowest BCUT2D eigenvalue weighted by Gasteiger charge is -2.13. The van der Waals surface area contributed by atoms with Gasteiger partial charge in [0, 0.05) is 29.0 Å². The Morgan fingerprint density at radius 3 is 2.10 bits per heavy atom. The van der Waals surface area contributed by atoms with Crippen molar-refractivity contribution in [2.75, 3.05) is 10.6 Å². The highest BCUT2D eigenvalue weighted by Crippen LogP contribution is 2.22. The fraction of sp³-hybridized carbons (Fsp3) is 0.364. The molecular formula is C22H26N4O4S. The van der Waals surface area contributed by atoms with E-state index in [2.05, 4.69) is 20.7 Å². The number of nitrogens with one attached hydrogen (secondary N) is 4. The monoisotopic (exact) mass is 442 g/mol. The van der Waals surface area contributed by atoms with E-state index in [1.807, 2.05) is 0 Å². The lowest BCUT2D eigenvalue weighted by Crippen LogP contribution is -2.32. The summed E-state index contributed by atoms with van der Waals surface area (Å²) < 4.78 is 28.0. The minimum atomic E-state index is -3.67. The quantitative estimate of drug-likeness (QED) is 0.525. The zero-order chi connectivity index (χ0) is 21.8. The summed E-state index contributed by atoms with van der Waals surface area (Å²) in [6, 6.07) is 12.7. The first-order valence-corrected chi connectivity index (χ1v) is 12.0. The van der Waals surface area contributed by atoms with E-state index in [-0.39, 0.29) is 28.6 Å². The van der Waals surface area contributed by atoms with Crippen LogP contribution in [0.3, 0.4) is 0 Å². The smallest absolute Gasteiger partial charge is 0.319 e. The van der Waals surface area contributed by atoms with Crippen LogP contribution in [0.4, 0.5) is 16.2 Å². The highest BCUT2D eigenvalue weighted by Gasteiger charge is 2.24. The average molecular weight is 443 g/mol. The van der Waals surface area contributed by atoms with Crippen molar-refractivity contribution in [3.63, 3.8) is 0 Å². The number of urea groups is 1. The third kappa shape index (κ3) is 5.83.